The number of rotatable bonds is 6. The van der Waals surface area contributed by atoms with E-state index < -0.39 is 11.7 Å². The van der Waals surface area contributed by atoms with E-state index in [1.54, 1.807) is 29.2 Å². The minimum Gasteiger partial charge on any atom is -0.493 e. The van der Waals surface area contributed by atoms with Crippen LogP contribution in [0.3, 0.4) is 0 Å². The third-order valence-electron chi connectivity index (χ3n) is 5.76. The van der Waals surface area contributed by atoms with E-state index in [1.807, 2.05) is 0 Å². The van der Waals surface area contributed by atoms with Crippen molar-refractivity contribution in [1.29, 1.82) is 0 Å². The zero-order chi connectivity index (χ0) is 22.7. The molecular formula is C24H25F3N2O3. The van der Waals surface area contributed by atoms with Crippen LogP contribution < -0.4 is 10.1 Å². The number of nitrogens with zero attached hydrogens (tertiary/aromatic N) is 1. The van der Waals surface area contributed by atoms with Gasteiger partial charge in [-0.25, -0.2) is 0 Å². The number of piperidine rings is 1. The molecule has 1 aliphatic carbocycles. The standard InChI is InChI=1S/C24H25F3N2O3/c25-24(26,27)19-8-6-17(7-9-19)23(31)29-12-2-3-16(14-29)15-32-21-5-1-4-18(13-21)22(30)28-20-10-11-20/h1,4-9,13,16,20H,2-3,10-12,14-15H2,(H,28,30)/t16-/m0/s1. The van der Waals surface area contributed by atoms with Crippen molar-refractivity contribution in [2.45, 2.75) is 37.9 Å². The van der Waals surface area contributed by atoms with Gasteiger partial charge in [-0.15, -0.1) is 0 Å². The van der Waals surface area contributed by atoms with Gasteiger partial charge in [-0.2, -0.15) is 13.2 Å². The van der Waals surface area contributed by atoms with Gasteiger partial charge in [0.1, 0.15) is 5.75 Å². The maximum Gasteiger partial charge on any atom is 0.416 e. The predicted molar refractivity (Wildman–Crippen MR) is 112 cm³/mol. The van der Waals surface area contributed by atoms with Crippen LogP contribution in [-0.2, 0) is 6.18 Å². The summed E-state index contributed by atoms with van der Waals surface area (Å²) in [6, 6.07) is 11.6. The smallest absolute Gasteiger partial charge is 0.416 e. The molecule has 2 aliphatic rings. The first kappa shape index (κ1) is 22.2. The minimum absolute atomic E-state index is 0.103. The highest BCUT2D eigenvalue weighted by atomic mass is 19.4. The Hall–Kier alpha value is -3.03. The van der Waals surface area contributed by atoms with E-state index in [-0.39, 0.29) is 29.3 Å². The van der Waals surface area contributed by atoms with E-state index in [2.05, 4.69) is 5.32 Å². The molecule has 2 fully saturated rings. The van der Waals surface area contributed by atoms with E-state index in [4.69, 9.17) is 4.74 Å². The fourth-order valence-corrected chi connectivity index (χ4v) is 3.81. The summed E-state index contributed by atoms with van der Waals surface area (Å²) < 4.78 is 44.1. The van der Waals surface area contributed by atoms with Gasteiger partial charge in [0.25, 0.3) is 11.8 Å². The Morgan fingerprint density at radius 1 is 1.03 bits per heavy atom. The summed E-state index contributed by atoms with van der Waals surface area (Å²) in [5.74, 6) is 0.317. The molecule has 1 saturated carbocycles. The highest BCUT2D eigenvalue weighted by molar-refractivity contribution is 5.95. The van der Waals surface area contributed by atoms with Crippen LogP contribution in [0.1, 0.15) is 52.0 Å². The van der Waals surface area contributed by atoms with Gasteiger partial charge in [0.05, 0.1) is 12.2 Å². The minimum atomic E-state index is -4.43. The van der Waals surface area contributed by atoms with Gasteiger partial charge in [-0.3, -0.25) is 9.59 Å². The summed E-state index contributed by atoms with van der Waals surface area (Å²) in [6.45, 7) is 1.43. The van der Waals surface area contributed by atoms with Gasteiger partial charge in [0.15, 0.2) is 0 Å². The fourth-order valence-electron chi connectivity index (χ4n) is 3.81. The predicted octanol–water partition coefficient (Wildman–Crippen LogP) is 4.53. The molecule has 2 aromatic rings. The molecule has 1 aliphatic heterocycles. The zero-order valence-electron chi connectivity index (χ0n) is 17.5. The van der Waals surface area contributed by atoms with Crippen molar-refractivity contribution in [2.75, 3.05) is 19.7 Å². The number of hydrogen-bond donors (Lipinski definition) is 1. The van der Waals surface area contributed by atoms with Crippen LogP contribution in [0.2, 0.25) is 0 Å². The Kier molecular flexibility index (Phi) is 6.39. The van der Waals surface area contributed by atoms with Crippen molar-refractivity contribution in [1.82, 2.24) is 10.2 Å². The molecular weight excluding hydrogens is 421 g/mol. The Bertz CT molecular complexity index is 971. The molecule has 2 aromatic carbocycles. The average molecular weight is 446 g/mol. The fraction of sp³-hybridized carbons (Fsp3) is 0.417. The quantitative estimate of drug-likeness (QED) is 0.710. The molecule has 1 atom stereocenters. The van der Waals surface area contributed by atoms with Gasteiger partial charge in [-0.1, -0.05) is 6.07 Å². The molecule has 1 N–H and O–H groups in total. The number of ether oxygens (including phenoxy) is 1. The van der Waals surface area contributed by atoms with Gasteiger partial charge in [0, 0.05) is 36.2 Å². The van der Waals surface area contributed by atoms with Crippen LogP contribution >= 0.6 is 0 Å². The van der Waals surface area contributed by atoms with Gasteiger partial charge < -0.3 is 15.0 Å². The zero-order valence-corrected chi connectivity index (χ0v) is 17.5. The lowest BCUT2D eigenvalue weighted by atomic mass is 9.98. The number of halogens is 3. The molecule has 0 radical (unpaired) electrons. The van der Waals surface area contributed by atoms with Crippen molar-refractivity contribution >= 4 is 11.8 Å². The Morgan fingerprint density at radius 2 is 1.78 bits per heavy atom. The number of likely N-dealkylation sites (tertiary alicyclic amines) is 1. The van der Waals surface area contributed by atoms with E-state index >= 15 is 0 Å². The first-order valence-corrected chi connectivity index (χ1v) is 10.8. The third kappa shape index (κ3) is 5.60. The highest BCUT2D eigenvalue weighted by Gasteiger charge is 2.31. The Balaban J connectivity index is 1.32. The Morgan fingerprint density at radius 3 is 2.47 bits per heavy atom. The van der Waals surface area contributed by atoms with E-state index in [1.165, 1.54) is 12.1 Å². The van der Waals surface area contributed by atoms with Gasteiger partial charge >= 0.3 is 6.18 Å². The highest BCUT2D eigenvalue weighted by Crippen LogP contribution is 2.29. The maximum absolute atomic E-state index is 12.8. The number of hydrogen-bond acceptors (Lipinski definition) is 3. The van der Waals surface area contributed by atoms with Crippen LogP contribution in [0, 0.1) is 5.92 Å². The maximum atomic E-state index is 12.8. The second-order valence-corrected chi connectivity index (χ2v) is 8.42. The molecule has 2 amide bonds. The number of amides is 2. The van der Waals surface area contributed by atoms with Crippen molar-refractivity contribution in [2.24, 2.45) is 5.92 Å². The second kappa shape index (κ2) is 9.22. The van der Waals surface area contributed by atoms with Crippen LogP contribution in [0.4, 0.5) is 13.2 Å². The summed E-state index contributed by atoms with van der Waals surface area (Å²) in [6.07, 6.45) is -0.704. The van der Waals surface area contributed by atoms with E-state index in [9.17, 15) is 22.8 Å². The lowest BCUT2D eigenvalue weighted by molar-refractivity contribution is -0.137. The number of alkyl halides is 3. The molecule has 0 unspecified atom stereocenters. The number of carbonyl (C=O) groups is 2. The molecule has 5 nitrogen and oxygen atoms in total. The largest absolute Gasteiger partial charge is 0.493 e. The monoisotopic (exact) mass is 446 g/mol. The second-order valence-electron chi connectivity index (χ2n) is 8.42. The van der Waals surface area contributed by atoms with Crippen LogP contribution in [0.15, 0.2) is 48.5 Å². The third-order valence-corrected chi connectivity index (χ3v) is 5.76. The summed E-state index contributed by atoms with van der Waals surface area (Å²) in [7, 11) is 0. The molecule has 0 bridgehead atoms. The summed E-state index contributed by atoms with van der Waals surface area (Å²) in [5, 5.41) is 2.95. The van der Waals surface area contributed by atoms with Crippen molar-refractivity contribution < 1.29 is 27.5 Å². The van der Waals surface area contributed by atoms with E-state index in [0.717, 1.165) is 37.8 Å². The lowest BCUT2D eigenvalue weighted by Crippen LogP contribution is -2.41. The lowest BCUT2D eigenvalue weighted by Gasteiger charge is -2.32. The molecule has 0 aromatic heterocycles. The van der Waals surface area contributed by atoms with Crippen molar-refractivity contribution in [3.8, 4) is 5.75 Å². The molecule has 1 heterocycles. The SMILES string of the molecule is O=C(NC1CC1)c1cccc(OC[C@H]2CCCN(C(=O)c3ccc(C(F)(F)F)cc3)C2)c1. The van der Waals surface area contributed by atoms with Gasteiger partial charge in [-0.05, 0) is 68.1 Å². The van der Waals surface area contributed by atoms with Crippen molar-refractivity contribution in [3.63, 3.8) is 0 Å². The number of nitrogens with one attached hydrogen (secondary N) is 1. The van der Waals surface area contributed by atoms with Crippen molar-refractivity contribution in [3.05, 3.63) is 65.2 Å². The Labute approximate surface area is 184 Å². The number of carbonyl (C=O) groups excluding carboxylic acids is 2. The molecule has 1 saturated heterocycles. The topological polar surface area (TPSA) is 58.6 Å². The molecule has 32 heavy (non-hydrogen) atoms. The average Bonchev–Trinajstić information content (AvgIpc) is 3.61. The van der Waals surface area contributed by atoms with Crippen LogP contribution in [-0.4, -0.2) is 42.5 Å². The van der Waals surface area contributed by atoms with Crippen LogP contribution in [0.25, 0.3) is 0 Å². The molecule has 8 heteroatoms. The molecule has 0 spiro atoms. The summed E-state index contributed by atoms with van der Waals surface area (Å²) >= 11 is 0. The van der Waals surface area contributed by atoms with Crippen LogP contribution in [0.5, 0.6) is 5.75 Å². The molecule has 4 rings (SSSR count). The number of benzene rings is 2. The summed E-state index contributed by atoms with van der Waals surface area (Å²) in [5.41, 5.74) is 0.0260. The normalized spacial score (nSPS) is 18.8. The molecule has 170 valence electrons. The summed E-state index contributed by atoms with van der Waals surface area (Å²) in [4.78, 5) is 26.6. The van der Waals surface area contributed by atoms with E-state index in [0.29, 0.717) is 31.0 Å². The van der Waals surface area contributed by atoms with Gasteiger partial charge in [0.2, 0.25) is 0 Å². The first-order chi connectivity index (χ1) is 15.3. The first-order valence-electron chi connectivity index (χ1n) is 10.8.